The van der Waals surface area contributed by atoms with Gasteiger partial charge in [-0.3, -0.25) is 9.46 Å². The van der Waals surface area contributed by atoms with Crippen molar-refractivity contribution in [3.8, 4) is 0 Å². The number of likely N-dealkylation sites (N-methyl/N-ethyl adjacent to an activating group) is 1. The Morgan fingerprint density at radius 3 is 1.88 bits per heavy atom. The van der Waals surface area contributed by atoms with Gasteiger partial charge in [0.2, 0.25) is 0 Å². The largest absolute Gasteiger partial charge is 0.466 e. The van der Waals surface area contributed by atoms with Crippen LogP contribution >= 0.6 is 7.60 Å². The van der Waals surface area contributed by atoms with Crippen molar-refractivity contribution in [3.63, 3.8) is 0 Å². The van der Waals surface area contributed by atoms with Gasteiger partial charge < -0.3 is 18.5 Å². The van der Waals surface area contributed by atoms with Gasteiger partial charge in [0.1, 0.15) is 0 Å². The summed E-state index contributed by atoms with van der Waals surface area (Å²) in [5, 5.41) is -0.438. The van der Waals surface area contributed by atoms with E-state index in [1.165, 1.54) is 7.11 Å². The first-order chi connectivity index (χ1) is 15.1. The van der Waals surface area contributed by atoms with Gasteiger partial charge in [-0.2, -0.15) is 0 Å². The zero-order valence-electron chi connectivity index (χ0n) is 20.4. The van der Waals surface area contributed by atoms with Crippen LogP contribution in [0.1, 0.15) is 50.4 Å². The Morgan fingerprint density at radius 1 is 0.938 bits per heavy atom. The Hall–Kier alpha value is -1.99. The van der Waals surface area contributed by atoms with Crippen LogP contribution in [0, 0.1) is 13.8 Å². The number of esters is 2. The number of carbonyl (C=O) groups excluding carboxylic acids is 2. The van der Waals surface area contributed by atoms with Crippen molar-refractivity contribution in [3.05, 3.63) is 45.8 Å². The maximum Gasteiger partial charge on any atom is 0.369 e. The summed E-state index contributed by atoms with van der Waals surface area (Å²) in [6.07, 6.45) is 0. The minimum Gasteiger partial charge on any atom is -0.466 e. The Balaban J connectivity index is 4.17. The van der Waals surface area contributed by atoms with Crippen LogP contribution in [0.25, 0.3) is 0 Å². The fourth-order valence-corrected chi connectivity index (χ4v) is 5.51. The lowest BCUT2D eigenvalue weighted by Gasteiger charge is -2.34. The van der Waals surface area contributed by atoms with E-state index in [-0.39, 0.29) is 18.8 Å². The smallest absolute Gasteiger partial charge is 0.369 e. The van der Waals surface area contributed by atoms with Crippen molar-refractivity contribution in [2.45, 2.75) is 47.6 Å². The second kappa shape index (κ2) is 12.9. The predicted octanol–water partition coefficient (Wildman–Crippen LogP) is 4.55. The van der Waals surface area contributed by atoms with Crippen molar-refractivity contribution in [2.24, 2.45) is 0 Å². The third-order valence-electron chi connectivity index (χ3n) is 5.08. The van der Waals surface area contributed by atoms with Crippen LogP contribution in [0.2, 0.25) is 0 Å². The number of benzene rings is 1. The van der Waals surface area contributed by atoms with E-state index in [0.717, 1.165) is 23.8 Å². The minimum absolute atomic E-state index is 0.00568. The number of methoxy groups -OCH3 is 2. The van der Waals surface area contributed by atoms with E-state index in [4.69, 9.17) is 18.5 Å². The maximum absolute atomic E-state index is 13.8. The Bertz CT molecular complexity index is 867. The molecule has 1 rings (SSSR count). The number of ether oxygens (including phenoxy) is 2. The molecular formula is C23H36NO7P. The molecule has 0 radical (unpaired) electrons. The monoisotopic (exact) mass is 469 g/mol. The second-order valence-corrected chi connectivity index (χ2v) is 9.02. The van der Waals surface area contributed by atoms with Crippen LogP contribution in [-0.4, -0.2) is 57.4 Å². The van der Waals surface area contributed by atoms with E-state index in [2.05, 4.69) is 0 Å². The van der Waals surface area contributed by atoms with E-state index in [9.17, 15) is 14.2 Å². The average Bonchev–Trinajstić information content (AvgIpc) is 2.76. The fourth-order valence-electron chi connectivity index (χ4n) is 3.68. The van der Waals surface area contributed by atoms with Gasteiger partial charge in [0.15, 0.2) is 5.31 Å². The lowest BCUT2D eigenvalue weighted by Crippen LogP contribution is -2.35. The molecular weight excluding hydrogens is 433 g/mol. The number of nitrogens with zero attached hydrogens (tertiary/aromatic N) is 1. The van der Waals surface area contributed by atoms with E-state index in [1.54, 1.807) is 13.8 Å². The molecule has 0 bridgehead atoms. The maximum atomic E-state index is 13.8. The summed E-state index contributed by atoms with van der Waals surface area (Å²) in [5.41, 5.74) is 2.63. The number of rotatable bonds is 12. The summed E-state index contributed by atoms with van der Waals surface area (Å²) in [6.45, 7) is 12.2. The molecule has 8 nitrogen and oxygen atoms in total. The van der Waals surface area contributed by atoms with Gasteiger partial charge in [0.25, 0.3) is 0 Å². The molecule has 32 heavy (non-hydrogen) atoms. The van der Waals surface area contributed by atoms with Gasteiger partial charge in [-0.05, 0) is 51.9 Å². The van der Waals surface area contributed by atoms with Gasteiger partial charge in [0, 0.05) is 0 Å². The zero-order valence-corrected chi connectivity index (χ0v) is 21.3. The van der Waals surface area contributed by atoms with Crippen molar-refractivity contribution >= 4 is 19.5 Å². The minimum atomic E-state index is -4.21. The van der Waals surface area contributed by atoms with Gasteiger partial charge in [0.05, 0.1) is 39.0 Å². The molecule has 0 heterocycles. The molecule has 0 aromatic heterocycles. The van der Waals surface area contributed by atoms with Crippen LogP contribution in [0.5, 0.6) is 0 Å². The van der Waals surface area contributed by atoms with Gasteiger partial charge in [-0.25, -0.2) is 9.59 Å². The van der Waals surface area contributed by atoms with Crippen molar-refractivity contribution in [2.75, 3.05) is 40.5 Å². The zero-order chi connectivity index (χ0) is 24.5. The molecule has 0 spiro atoms. The molecule has 0 saturated carbocycles. The molecule has 0 amide bonds. The molecule has 0 aliphatic heterocycles. The number of hydrogen-bond acceptors (Lipinski definition) is 8. The summed E-state index contributed by atoms with van der Waals surface area (Å²) in [6, 6.07) is 5.08. The van der Waals surface area contributed by atoms with E-state index >= 15 is 0 Å². The molecule has 1 atom stereocenters. The quantitative estimate of drug-likeness (QED) is 0.250. The Morgan fingerprint density at radius 2 is 1.47 bits per heavy atom. The number of hydrogen-bond donors (Lipinski definition) is 0. The molecule has 0 N–H and O–H groups in total. The SMILES string of the molecule is CCOP(=O)(OCC)/C(C(=O)OC)=C(\C(=O)OC)C(c1ccc(C)cc1C)N(CC)CC. The third-order valence-corrected chi connectivity index (χ3v) is 7.25. The lowest BCUT2D eigenvalue weighted by atomic mass is 9.91. The summed E-state index contributed by atoms with van der Waals surface area (Å²) in [4.78, 5) is 28.2. The van der Waals surface area contributed by atoms with E-state index in [0.29, 0.717) is 13.1 Å². The summed E-state index contributed by atoms with van der Waals surface area (Å²) in [7, 11) is -1.84. The summed E-state index contributed by atoms with van der Waals surface area (Å²) in [5.74, 6) is -1.76. The second-order valence-electron chi connectivity index (χ2n) is 7.06. The molecule has 0 aliphatic carbocycles. The number of aryl methyl sites for hydroxylation is 2. The van der Waals surface area contributed by atoms with Gasteiger partial charge in [-0.1, -0.05) is 37.6 Å². The Kier molecular flexibility index (Phi) is 11.3. The molecule has 9 heteroatoms. The molecule has 0 aliphatic rings. The number of carbonyl (C=O) groups is 2. The highest BCUT2D eigenvalue weighted by atomic mass is 31.2. The molecule has 0 fully saturated rings. The highest BCUT2D eigenvalue weighted by Gasteiger charge is 2.45. The summed E-state index contributed by atoms with van der Waals surface area (Å²) < 4.78 is 34.8. The molecule has 1 aromatic carbocycles. The van der Waals surface area contributed by atoms with Crippen LogP contribution in [-0.2, 0) is 32.7 Å². The predicted molar refractivity (Wildman–Crippen MR) is 123 cm³/mol. The first-order valence-electron chi connectivity index (χ1n) is 10.8. The van der Waals surface area contributed by atoms with Crippen molar-refractivity contribution in [1.29, 1.82) is 0 Å². The van der Waals surface area contributed by atoms with Gasteiger partial charge >= 0.3 is 19.5 Å². The third kappa shape index (κ3) is 6.29. The van der Waals surface area contributed by atoms with Crippen LogP contribution in [0.3, 0.4) is 0 Å². The van der Waals surface area contributed by atoms with Gasteiger partial charge in [-0.15, -0.1) is 0 Å². The van der Waals surface area contributed by atoms with Crippen LogP contribution in [0.15, 0.2) is 29.1 Å². The topological polar surface area (TPSA) is 91.4 Å². The highest BCUT2D eigenvalue weighted by Crippen LogP contribution is 2.59. The fraction of sp³-hybridized carbons (Fsp3) is 0.565. The molecule has 0 saturated heterocycles. The first kappa shape index (κ1) is 28.0. The van der Waals surface area contributed by atoms with E-state index < -0.39 is 30.9 Å². The normalized spacial score (nSPS) is 13.5. The highest BCUT2D eigenvalue weighted by molar-refractivity contribution is 7.60. The molecule has 180 valence electrons. The van der Waals surface area contributed by atoms with Crippen LogP contribution in [0.4, 0.5) is 0 Å². The Labute approximate surface area is 191 Å². The summed E-state index contributed by atoms with van der Waals surface area (Å²) >= 11 is 0. The van der Waals surface area contributed by atoms with Crippen molar-refractivity contribution in [1.82, 2.24) is 4.90 Å². The molecule has 1 aromatic rings. The van der Waals surface area contributed by atoms with Crippen LogP contribution < -0.4 is 0 Å². The average molecular weight is 470 g/mol. The van der Waals surface area contributed by atoms with Crippen molar-refractivity contribution < 1.29 is 32.7 Å². The van der Waals surface area contributed by atoms with E-state index in [1.807, 2.05) is 50.8 Å². The lowest BCUT2D eigenvalue weighted by molar-refractivity contribution is -0.139. The first-order valence-corrected chi connectivity index (χ1v) is 12.3. The molecule has 1 unspecified atom stereocenters. The standard InChI is InChI=1S/C23H36NO7P/c1-9-24(10-2)20(18-14-13-16(5)15-17(18)6)19(22(25)28-7)21(23(26)29-8)32(27,30-11-3)31-12-4/h13-15,20H,9-12H2,1-8H3/b21-19-.